The molecule has 2 aromatic heterocycles. The van der Waals surface area contributed by atoms with Crippen LogP contribution in [0, 0.1) is 11.6 Å². The van der Waals surface area contributed by atoms with Crippen LogP contribution in [0.1, 0.15) is 17.3 Å². The van der Waals surface area contributed by atoms with Gasteiger partial charge in [-0.15, -0.1) is 10.2 Å². The van der Waals surface area contributed by atoms with Gasteiger partial charge in [0.05, 0.1) is 11.5 Å². The van der Waals surface area contributed by atoms with Crippen molar-refractivity contribution in [3.05, 3.63) is 53.8 Å². The monoisotopic (exact) mass is 336 g/mol. The number of thioether (sulfide) groups is 1. The summed E-state index contributed by atoms with van der Waals surface area (Å²) in [6, 6.07) is 6.37. The molecule has 0 saturated carbocycles. The van der Waals surface area contributed by atoms with Gasteiger partial charge < -0.3 is 8.83 Å². The van der Waals surface area contributed by atoms with Gasteiger partial charge in [0.2, 0.25) is 0 Å². The summed E-state index contributed by atoms with van der Waals surface area (Å²) in [4.78, 5) is 12.2. The third kappa shape index (κ3) is 3.31. The van der Waals surface area contributed by atoms with Crippen LogP contribution < -0.4 is 0 Å². The largest absolute Gasteiger partial charge is 0.459 e. The molecule has 0 radical (unpaired) electrons. The van der Waals surface area contributed by atoms with Crippen LogP contribution in [0.2, 0.25) is 0 Å². The molecule has 3 rings (SSSR count). The number of furan rings is 1. The first-order valence-electron chi connectivity index (χ1n) is 6.58. The number of halogens is 2. The molecule has 0 bridgehead atoms. The number of hydrogen-bond donors (Lipinski definition) is 0. The van der Waals surface area contributed by atoms with Crippen molar-refractivity contribution in [2.45, 2.75) is 17.4 Å². The summed E-state index contributed by atoms with van der Waals surface area (Å²) in [5.74, 6) is -1.81. The van der Waals surface area contributed by atoms with Gasteiger partial charge in [-0.2, -0.15) is 0 Å². The highest BCUT2D eigenvalue weighted by Crippen LogP contribution is 2.28. The van der Waals surface area contributed by atoms with Crippen LogP contribution in [0.3, 0.4) is 0 Å². The van der Waals surface area contributed by atoms with E-state index in [-0.39, 0.29) is 22.5 Å². The van der Waals surface area contributed by atoms with E-state index >= 15 is 0 Å². The molecule has 0 amide bonds. The second-order valence-electron chi connectivity index (χ2n) is 4.60. The van der Waals surface area contributed by atoms with Gasteiger partial charge >= 0.3 is 0 Å². The molecule has 3 aromatic rings. The van der Waals surface area contributed by atoms with Gasteiger partial charge in [0, 0.05) is 5.56 Å². The molecular formula is C15H10F2N2O3S. The molecular weight excluding hydrogens is 326 g/mol. The predicted molar refractivity (Wildman–Crippen MR) is 78.0 cm³/mol. The molecule has 0 aliphatic carbocycles. The predicted octanol–water partition coefficient (Wildman–Crippen LogP) is 3.97. The fraction of sp³-hybridized carbons (Fsp3) is 0.133. The quantitative estimate of drug-likeness (QED) is 0.519. The summed E-state index contributed by atoms with van der Waals surface area (Å²) in [7, 11) is 0. The zero-order valence-electron chi connectivity index (χ0n) is 11.8. The van der Waals surface area contributed by atoms with E-state index in [2.05, 4.69) is 10.2 Å². The van der Waals surface area contributed by atoms with Gasteiger partial charge in [-0.3, -0.25) is 4.79 Å². The van der Waals surface area contributed by atoms with Gasteiger partial charge in [-0.1, -0.05) is 11.8 Å². The summed E-state index contributed by atoms with van der Waals surface area (Å²) >= 11 is 1.03. The van der Waals surface area contributed by atoms with Crippen molar-refractivity contribution in [3.8, 4) is 11.7 Å². The summed E-state index contributed by atoms with van der Waals surface area (Å²) in [5.41, 5.74) is 0.0784. The molecule has 2 heterocycles. The Bertz CT molecular complexity index is 833. The Balaban J connectivity index is 1.72. The van der Waals surface area contributed by atoms with Crippen molar-refractivity contribution < 1.29 is 22.4 Å². The second-order valence-corrected chi connectivity index (χ2v) is 5.90. The fourth-order valence-corrected chi connectivity index (χ4v) is 2.61. The molecule has 5 nitrogen and oxygen atoms in total. The van der Waals surface area contributed by atoms with Crippen LogP contribution in [0.5, 0.6) is 0 Å². The van der Waals surface area contributed by atoms with Crippen LogP contribution in [-0.4, -0.2) is 21.2 Å². The van der Waals surface area contributed by atoms with E-state index in [1.165, 1.54) is 12.3 Å². The van der Waals surface area contributed by atoms with E-state index in [1.807, 2.05) is 0 Å². The van der Waals surface area contributed by atoms with Gasteiger partial charge in [-0.05, 0) is 37.3 Å². The van der Waals surface area contributed by atoms with Crippen molar-refractivity contribution in [2.24, 2.45) is 0 Å². The number of benzene rings is 1. The number of nitrogens with zero attached hydrogens (tertiary/aromatic N) is 2. The summed E-state index contributed by atoms with van der Waals surface area (Å²) in [6.45, 7) is 1.62. The maximum Gasteiger partial charge on any atom is 0.284 e. The minimum atomic E-state index is -1.06. The van der Waals surface area contributed by atoms with Crippen LogP contribution in [0.4, 0.5) is 8.78 Å². The first-order valence-corrected chi connectivity index (χ1v) is 7.46. The zero-order chi connectivity index (χ0) is 16.4. The SMILES string of the molecule is C[C@@H](Sc1nnc(-c2ccco2)o1)C(=O)c1ccc(F)c(F)c1. The van der Waals surface area contributed by atoms with Crippen LogP contribution >= 0.6 is 11.8 Å². The maximum atomic E-state index is 13.2. The number of hydrogen-bond acceptors (Lipinski definition) is 6. The molecule has 1 atom stereocenters. The smallest absolute Gasteiger partial charge is 0.284 e. The van der Waals surface area contributed by atoms with Gasteiger partial charge in [0.1, 0.15) is 0 Å². The van der Waals surface area contributed by atoms with Gasteiger partial charge in [-0.25, -0.2) is 8.78 Å². The number of carbonyl (C=O) groups is 1. The molecule has 0 aliphatic heterocycles. The Kier molecular flexibility index (Phi) is 4.24. The molecule has 0 saturated heterocycles. The normalized spacial score (nSPS) is 12.3. The minimum Gasteiger partial charge on any atom is -0.459 e. The van der Waals surface area contributed by atoms with Crippen molar-refractivity contribution in [1.29, 1.82) is 0 Å². The number of carbonyl (C=O) groups excluding carboxylic acids is 1. The number of rotatable bonds is 5. The summed E-state index contributed by atoms with van der Waals surface area (Å²) in [5, 5.41) is 7.21. The van der Waals surface area contributed by atoms with Crippen molar-refractivity contribution in [1.82, 2.24) is 10.2 Å². The third-order valence-electron chi connectivity index (χ3n) is 2.99. The average molecular weight is 336 g/mol. The highest BCUT2D eigenvalue weighted by atomic mass is 32.2. The Hall–Kier alpha value is -2.48. The van der Waals surface area contributed by atoms with E-state index in [0.29, 0.717) is 5.76 Å². The van der Waals surface area contributed by atoms with Crippen LogP contribution in [0.25, 0.3) is 11.7 Å². The fourth-order valence-electron chi connectivity index (χ4n) is 1.85. The standard InChI is InChI=1S/C15H10F2N2O3S/c1-8(13(20)9-4-5-10(16)11(17)7-9)23-15-19-18-14(22-15)12-3-2-6-21-12/h2-8H,1H3/t8-/m1/s1. The van der Waals surface area contributed by atoms with E-state index < -0.39 is 16.9 Å². The molecule has 0 spiro atoms. The lowest BCUT2D eigenvalue weighted by molar-refractivity contribution is 0.0993. The topological polar surface area (TPSA) is 69.1 Å². The second kappa shape index (κ2) is 6.33. The lowest BCUT2D eigenvalue weighted by Crippen LogP contribution is -2.14. The lowest BCUT2D eigenvalue weighted by Gasteiger charge is -2.07. The molecule has 1 aromatic carbocycles. The van der Waals surface area contributed by atoms with E-state index in [4.69, 9.17) is 8.83 Å². The first kappa shape index (κ1) is 15.4. The molecule has 118 valence electrons. The third-order valence-corrected chi connectivity index (χ3v) is 3.92. The molecule has 0 aliphatic rings. The maximum absolute atomic E-state index is 13.2. The van der Waals surface area contributed by atoms with E-state index in [1.54, 1.807) is 19.1 Å². The molecule has 0 N–H and O–H groups in total. The lowest BCUT2D eigenvalue weighted by atomic mass is 10.1. The van der Waals surface area contributed by atoms with E-state index in [0.717, 1.165) is 23.9 Å². The van der Waals surface area contributed by atoms with Gasteiger partial charge in [0.15, 0.2) is 23.2 Å². The van der Waals surface area contributed by atoms with Crippen LogP contribution in [-0.2, 0) is 0 Å². The number of Topliss-reactive ketones (excluding diaryl/α,β-unsaturated/α-hetero) is 1. The highest BCUT2D eigenvalue weighted by Gasteiger charge is 2.21. The number of aromatic nitrogens is 2. The zero-order valence-corrected chi connectivity index (χ0v) is 12.6. The highest BCUT2D eigenvalue weighted by molar-refractivity contribution is 8.00. The van der Waals surface area contributed by atoms with Crippen molar-refractivity contribution in [3.63, 3.8) is 0 Å². The Morgan fingerprint density at radius 1 is 1.22 bits per heavy atom. The summed E-state index contributed by atoms with van der Waals surface area (Å²) < 4.78 is 36.6. The van der Waals surface area contributed by atoms with Gasteiger partial charge in [0.25, 0.3) is 11.1 Å². The van der Waals surface area contributed by atoms with E-state index in [9.17, 15) is 13.6 Å². The van der Waals surface area contributed by atoms with Crippen molar-refractivity contribution >= 4 is 17.5 Å². The average Bonchev–Trinajstić information content (AvgIpc) is 3.20. The number of ketones is 1. The van der Waals surface area contributed by atoms with Crippen molar-refractivity contribution in [2.75, 3.05) is 0 Å². The molecule has 0 fully saturated rings. The summed E-state index contributed by atoms with van der Waals surface area (Å²) in [6.07, 6.45) is 1.47. The first-order chi connectivity index (χ1) is 11.0. The Labute approximate surface area is 133 Å². The van der Waals surface area contributed by atoms with Crippen LogP contribution in [0.15, 0.2) is 50.7 Å². The Morgan fingerprint density at radius 3 is 2.74 bits per heavy atom. The minimum absolute atomic E-state index is 0.0784. The Morgan fingerprint density at radius 2 is 2.04 bits per heavy atom. The molecule has 8 heteroatoms. The molecule has 23 heavy (non-hydrogen) atoms. The molecule has 0 unspecified atom stereocenters.